The molecule has 17 heavy (non-hydrogen) atoms. The second-order valence-corrected chi connectivity index (χ2v) is 3.02. The number of hydrogen-bond donors (Lipinski definition) is 0. The van der Waals surface area contributed by atoms with Crippen LogP contribution >= 0.6 is 0 Å². The predicted molar refractivity (Wildman–Crippen MR) is 45.4 cm³/mol. The van der Waals surface area contributed by atoms with E-state index in [9.17, 15) is 22.0 Å². The second-order valence-electron chi connectivity index (χ2n) is 3.02. The molecule has 2 nitrogen and oxygen atoms in total. The Balaban J connectivity index is 3.63. The first-order valence-electron chi connectivity index (χ1n) is 4.18. The molecule has 1 aromatic rings. The van der Waals surface area contributed by atoms with Crippen molar-refractivity contribution in [1.29, 1.82) is 10.5 Å². The number of benzene rings is 1. The lowest BCUT2D eigenvalue weighted by molar-refractivity contribution is -0.140. The lowest BCUT2D eigenvalue weighted by Gasteiger charge is -2.11. The van der Waals surface area contributed by atoms with Gasteiger partial charge in [-0.2, -0.15) is 23.7 Å². The molecule has 0 aromatic heterocycles. The molecule has 0 saturated carbocycles. The molecule has 0 aliphatic heterocycles. The molecule has 0 unspecified atom stereocenters. The number of halogens is 5. The Morgan fingerprint density at radius 1 is 1.12 bits per heavy atom. The zero-order valence-electron chi connectivity index (χ0n) is 8.07. The largest absolute Gasteiger partial charge is 0.419 e. The van der Waals surface area contributed by atoms with E-state index in [4.69, 9.17) is 10.5 Å². The van der Waals surface area contributed by atoms with Crippen LogP contribution in [0.15, 0.2) is 6.07 Å². The first kappa shape index (κ1) is 12.9. The summed E-state index contributed by atoms with van der Waals surface area (Å²) >= 11 is 0. The highest BCUT2D eigenvalue weighted by Crippen LogP contribution is 2.34. The highest BCUT2D eigenvalue weighted by atomic mass is 19.4. The number of hydrogen-bond acceptors (Lipinski definition) is 2. The Morgan fingerprint density at radius 2 is 1.71 bits per heavy atom. The minimum absolute atomic E-state index is 0.0888. The maximum Gasteiger partial charge on any atom is 0.419 e. The Labute approximate surface area is 92.5 Å². The highest BCUT2D eigenvalue weighted by Gasteiger charge is 2.37. The molecule has 0 atom stereocenters. The molecule has 7 heteroatoms. The lowest BCUT2D eigenvalue weighted by atomic mass is 10.0. The summed E-state index contributed by atoms with van der Waals surface area (Å²) in [6.45, 7) is 0. The molecule has 88 valence electrons. The molecule has 0 fully saturated rings. The number of nitriles is 2. The van der Waals surface area contributed by atoms with Crippen molar-refractivity contribution in [2.45, 2.75) is 12.6 Å². The van der Waals surface area contributed by atoms with Gasteiger partial charge in [0.05, 0.1) is 23.6 Å². The van der Waals surface area contributed by atoms with Gasteiger partial charge in [0.15, 0.2) is 0 Å². The fraction of sp³-hybridized carbons (Fsp3) is 0.200. The molecule has 0 aliphatic rings. The van der Waals surface area contributed by atoms with Gasteiger partial charge in [-0.3, -0.25) is 0 Å². The van der Waals surface area contributed by atoms with Crippen LogP contribution in [-0.4, -0.2) is 0 Å². The number of rotatable bonds is 1. The van der Waals surface area contributed by atoms with Crippen molar-refractivity contribution >= 4 is 0 Å². The van der Waals surface area contributed by atoms with Crippen LogP contribution in [0.3, 0.4) is 0 Å². The van der Waals surface area contributed by atoms with E-state index in [2.05, 4.69) is 0 Å². The van der Waals surface area contributed by atoms with Crippen LogP contribution in [0.4, 0.5) is 22.0 Å². The van der Waals surface area contributed by atoms with Crippen molar-refractivity contribution in [2.75, 3.05) is 0 Å². The van der Waals surface area contributed by atoms with Crippen molar-refractivity contribution in [3.05, 3.63) is 34.4 Å². The summed E-state index contributed by atoms with van der Waals surface area (Å²) in [5.74, 6) is -3.28. The smallest absolute Gasteiger partial charge is 0.206 e. The quantitative estimate of drug-likeness (QED) is 0.715. The third-order valence-electron chi connectivity index (χ3n) is 1.97. The summed E-state index contributed by atoms with van der Waals surface area (Å²) in [4.78, 5) is 0. The molecule has 0 spiro atoms. The minimum Gasteiger partial charge on any atom is -0.206 e. The van der Waals surface area contributed by atoms with Crippen LogP contribution in [0, 0.1) is 34.3 Å². The molecule has 0 saturated heterocycles. The fourth-order valence-corrected chi connectivity index (χ4v) is 1.21. The summed E-state index contributed by atoms with van der Waals surface area (Å²) in [5, 5.41) is 16.7. The molecule has 0 aliphatic carbocycles. The van der Waals surface area contributed by atoms with Gasteiger partial charge >= 0.3 is 6.18 Å². The third-order valence-corrected chi connectivity index (χ3v) is 1.97. The Hall–Kier alpha value is -2.15. The van der Waals surface area contributed by atoms with E-state index in [0.29, 0.717) is 0 Å². The summed E-state index contributed by atoms with van der Waals surface area (Å²) in [5.41, 5.74) is -3.73. The predicted octanol–water partition coefficient (Wildman–Crippen LogP) is 2.92. The van der Waals surface area contributed by atoms with Gasteiger partial charge in [-0.15, -0.1) is 0 Å². The van der Waals surface area contributed by atoms with Crippen LogP contribution in [0.1, 0.15) is 16.7 Å². The number of alkyl halides is 3. The normalized spacial score (nSPS) is 10.8. The highest BCUT2D eigenvalue weighted by molar-refractivity contribution is 5.42. The molecule has 0 radical (unpaired) electrons. The molecule has 0 N–H and O–H groups in total. The molecular weight excluding hydrogens is 243 g/mol. The van der Waals surface area contributed by atoms with Crippen LogP contribution in [0.2, 0.25) is 0 Å². The average Bonchev–Trinajstić information content (AvgIpc) is 2.22. The van der Waals surface area contributed by atoms with Crippen molar-refractivity contribution in [1.82, 2.24) is 0 Å². The van der Waals surface area contributed by atoms with Gasteiger partial charge in [-0.1, -0.05) is 0 Å². The first-order chi connectivity index (χ1) is 7.82. The van der Waals surface area contributed by atoms with E-state index in [1.807, 2.05) is 0 Å². The Kier molecular flexibility index (Phi) is 3.33. The monoisotopic (exact) mass is 246 g/mol. The van der Waals surface area contributed by atoms with Crippen LogP contribution in [-0.2, 0) is 12.6 Å². The van der Waals surface area contributed by atoms with Crippen LogP contribution in [0.5, 0.6) is 0 Å². The van der Waals surface area contributed by atoms with Crippen LogP contribution in [0.25, 0.3) is 0 Å². The Bertz CT molecular complexity index is 534. The van der Waals surface area contributed by atoms with Gasteiger partial charge in [0.2, 0.25) is 0 Å². The maximum absolute atomic E-state index is 13.3. The van der Waals surface area contributed by atoms with Gasteiger partial charge in [0.1, 0.15) is 17.7 Å². The Morgan fingerprint density at radius 3 is 2.12 bits per heavy atom. The zero-order valence-corrected chi connectivity index (χ0v) is 8.07. The van der Waals surface area contributed by atoms with Gasteiger partial charge in [-0.25, -0.2) is 8.78 Å². The van der Waals surface area contributed by atoms with Gasteiger partial charge in [0.25, 0.3) is 0 Å². The molecule has 0 bridgehead atoms. The summed E-state index contributed by atoms with van der Waals surface area (Å²) in [7, 11) is 0. The van der Waals surface area contributed by atoms with Crippen LogP contribution < -0.4 is 0 Å². The summed E-state index contributed by atoms with van der Waals surface area (Å²) in [6.07, 6.45) is -5.93. The lowest BCUT2D eigenvalue weighted by Crippen LogP contribution is -2.12. The van der Waals surface area contributed by atoms with E-state index in [1.54, 1.807) is 0 Å². The first-order valence-corrected chi connectivity index (χ1v) is 4.18. The topological polar surface area (TPSA) is 47.6 Å². The van der Waals surface area contributed by atoms with Crippen molar-refractivity contribution in [3.8, 4) is 12.1 Å². The molecule has 1 rings (SSSR count). The van der Waals surface area contributed by atoms with Crippen molar-refractivity contribution in [2.24, 2.45) is 0 Å². The molecular formula is C10H3F5N2. The third kappa shape index (κ3) is 2.34. The van der Waals surface area contributed by atoms with E-state index >= 15 is 0 Å². The van der Waals surface area contributed by atoms with E-state index in [0.717, 1.165) is 0 Å². The molecule has 1 aromatic carbocycles. The van der Waals surface area contributed by atoms with Gasteiger partial charge < -0.3 is 0 Å². The minimum atomic E-state index is -5.05. The standard InChI is InChI=1S/C10H3F5N2/c11-8-5(4-17)3-7(10(13,14)15)9(12)6(8)1-2-16/h3H,1H2. The van der Waals surface area contributed by atoms with Gasteiger partial charge in [0, 0.05) is 5.56 Å². The number of nitrogens with zero attached hydrogens (tertiary/aromatic N) is 2. The SMILES string of the molecule is N#CCc1c(F)c(C#N)cc(C(F)(F)F)c1F. The fourth-order valence-electron chi connectivity index (χ4n) is 1.21. The van der Waals surface area contributed by atoms with E-state index in [-0.39, 0.29) is 6.07 Å². The van der Waals surface area contributed by atoms with E-state index < -0.39 is 40.9 Å². The average molecular weight is 246 g/mol. The van der Waals surface area contributed by atoms with Gasteiger partial charge in [-0.05, 0) is 6.07 Å². The van der Waals surface area contributed by atoms with E-state index in [1.165, 1.54) is 12.1 Å². The molecule has 0 heterocycles. The van der Waals surface area contributed by atoms with Crippen molar-refractivity contribution < 1.29 is 22.0 Å². The zero-order chi connectivity index (χ0) is 13.2. The second kappa shape index (κ2) is 4.38. The molecule has 0 amide bonds. The summed E-state index contributed by atoms with van der Waals surface area (Å²) in [6, 6.07) is 2.61. The summed E-state index contributed by atoms with van der Waals surface area (Å²) < 4.78 is 63.7. The van der Waals surface area contributed by atoms with Crippen molar-refractivity contribution in [3.63, 3.8) is 0 Å². The maximum atomic E-state index is 13.3.